The lowest BCUT2D eigenvalue weighted by Crippen LogP contribution is -2.53. The number of nitrogens with zero attached hydrogens (tertiary/aromatic N) is 3. The Bertz CT molecular complexity index is 762. The van der Waals surface area contributed by atoms with E-state index in [1.165, 1.54) is 5.56 Å². The predicted octanol–water partition coefficient (Wildman–Crippen LogP) is 2.46. The number of benzene rings is 1. The van der Waals surface area contributed by atoms with Crippen molar-refractivity contribution in [1.29, 1.82) is 0 Å². The molecule has 1 aromatic heterocycles. The number of likely N-dealkylation sites (tertiary alicyclic amines) is 1. The molecule has 2 heterocycles. The summed E-state index contributed by atoms with van der Waals surface area (Å²) in [6, 6.07) is 10.2. The molecule has 0 spiro atoms. The van der Waals surface area contributed by atoms with E-state index in [1.54, 1.807) is 7.11 Å². The molecule has 0 aliphatic carbocycles. The molecule has 2 aromatic rings. The van der Waals surface area contributed by atoms with Gasteiger partial charge in [-0.1, -0.05) is 18.2 Å². The van der Waals surface area contributed by atoms with Crippen LogP contribution in [0, 0.1) is 19.3 Å². The van der Waals surface area contributed by atoms with Gasteiger partial charge in [0.05, 0.1) is 24.1 Å². The molecule has 2 N–H and O–H groups in total. The SMILES string of the molecule is COCCC[C@@]1(CO)CN(Cc2c(C)nn(-c3ccccc3)c2C)CC[C@H]1O. The lowest BCUT2D eigenvalue weighted by atomic mass is 9.74. The van der Waals surface area contributed by atoms with Crippen LogP contribution in [0.4, 0.5) is 0 Å². The molecule has 28 heavy (non-hydrogen) atoms. The van der Waals surface area contributed by atoms with E-state index in [0.717, 1.165) is 43.0 Å². The Hall–Kier alpha value is -1.73. The van der Waals surface area contributed by atoms with Crippen molar-refractivity contribution < 1.29 is 14.9 Å². The molecular weight excluding hydrogens is 354 g/mol. The zero-order chi connectivity index (χ0) is 20.1. The van der Waals surface area contributed by atoms with Crippen LogP contribution in [0.1, 0.15) is 36.2 Å². The summed E-state index contributed by atoms with van der Waals surface area (Å²) in [5, 5.41) is 25.5. The summed E-state index contributed by atoms with van der Waals surface area (Å²) >= 11 is 0. The van der Waals surface area contributed by atoms with Gasteiger partial charge in [-0.3, -0.25) is 4.90 Å². The molecule has 2 atom stereocenters. The van der Waals surface area contributed by atoms with E-state index in [0.29, 0.717) is 19.6 Å². The molecule has 1 aromatic carbocycles. The number of methoxy groups -OCH3 is 1. The highest BCUT2D eigenvalue weighted by atomic mass is 16.5. The first-order chi connectivity index (χ1) is 13.5. The highest BCUT2D eigenvalue weighted by molar-refractivity contribution is 5.36. The number of rotatable bonds is 8. The number of hydrogen-bond donors (Lipinski definition) is 2. The normalized spacial score (nSPS) is 23.2. The monoisotopic (exact) mass is 387 g/mol. The molecule has 0 saturated carbocycles. The van der Waals surface area contributed by atoms with Crippen LogP contribution >= 0.6 is 0 Å². The number of piperidine rings is 1. The summed E-state index contributed by atoms with van der Waals surface area (Å²) in [6.07, 6.45) is 1.81. The van der Waals surface area contributed by atoms with Crippen molar-refractivity contribution in [2.75, 3.05) is 33.4 Å². The summed E-state index contributed by atoms with van der Waals surface area (Å²) in [6.45, 7) is 7.10. The van der Waals surface area contributed by atoms with Crippen LogP contribution in [0.5, 0.6) is 0 Å². The van der Waals surface area contributed by atoms with Crippen molar-refractivity contribution in [3.8, 4) is 5.69 Å². The Morgan fingerprint density at radius 1 is 1.25 bits per heavy atom. The predicted molar refractivity (Wildman–Crippen MR) is 110 cm³/mol. The van der Waals surface area contributed by atoms with Gasteiger partial charge in [0.15, 0.2) is 0 Å². The van der Waals surface area contributed by atoms with Gasteiger partial charge in [0, 0.05) is 50.0 Å². The van der Waals surface area contributed by atoms with Crippen molar-refractivity contribution in [2.24, 2.45) is 5.41 Å². The molecule has 1 aliphatic rings. The number of ether oxygens (including phenoxy) is 1. The number of aliphatic hydroxyl groups excluding tert-OH is 2. The number of aromatic nitrogens is 2. The van der Waals surface area contributed by atoms with Gasteiger partial charge in [0.1, 0.15) is 0 Å². The summed E-state index contributed by atoms with van der Waals surface area (Å²) in [5.74, 6) is 0. The van der Waals surface area contributed by atoms with E-state index in [9.17, 15) is 10.2 Å². The highest BCUT2D eigenvalue weighted by Gasteiger charge is 2.42. The minimum absolute atomic E-state index is 0.00434. The summed E-state index contributed by atoms with van der Waals surface area (Å²) in [7, 11) is 1.69. The molecule has 0 amide bonds. The Morgan fingerprint density at radius 2 is 2.00 bits per heavy atom. The van der Waals surface area contributed by atoms with Gasteiger partial charge in [-0.2, -0.15) is 5.10 Å². The Morgan fingerprint density at radius 3 is 2.68 bits per heavy atom. The van der Waals surface area contributed by atoms with Crippen LogP contribution in [-0.4, -0.2) is 64.4 Å². The summed E-state index contributed by atoms with van der Waals surface area (Å²) < 4.78 is 7.17. The first kappa shape index (κ1) is 21.0. The number of aryl methyl sites for hydroxylation is 1. The summed E-state index contributed by atoms with van der Waals surface area (Å²) in [5.41, 5.74) is 3.98. The first-order valence-electron chi connectivity index (χ1n) is 10.1. The minimum Gasteiger partial charge on any atom is -0.396 e. The third kappa shape index (κ3) is 4.30. The zero-order valence-corrected chi connectivity index (χ0v) is 17.3. The van der Waals surface area contributed by atoms with E-state index in [1.807, 2.05) is 22.9 Å². The topological polar surface area (TPSA) is 70.8 Å². The van der Waals surface area contributed by atoms with Crippen LogP contribution in [0.2, 0.25) is 0 Å². The van der Waals surface area contributed by atoms with Gasteiger partial charge in [0.2, 0.25) is 0 Å². The first-order valence-corrected chi connectivity index (χ1v) is 10.1. The fourth-order valence-corrected chi connectivity index (χ4v) is 4.37. The molecule has 0 bridgehead atoms. The Labute approximate surface area is 167 Å². The molecule has 0 radical (unpaired) electrons. The van der Waals surface area contributed by atoms with Gasteiger partial charge in [0.25, 0.3) is 0 Å². The fraction of sp³-hybridized carbons (Fsp3) is 0.591. The van der Waals surface area contributed by atoms with Gasteiger partial charge in [-0.25, -0.2) is 4.68 Å². The number of hydrogen-bond acceptors (Lipinski definition) is 5. The molecule has 6 heteroatoms. The number of aliphatic hydroxyl groups is 2. The molecule has 6 nitrogen and oxygen atoms in total. The maximum Gasteiger partial charge on any atom is 0.0648 e. The highest BCUT2D eigenvalue weighted by Crippen LogP contribution is 2.35. The molecular formula is C22H33N3O3. The van der Waals surface area contributed by atoms with Gasteiger partial charge in [-0.05, 0) is 45.2 Å². The van der Waals surface area contributed by atoms with E-state index >= 15 is 0 Å². The second kappa shape index (κ2) is 9.18. The van der Waals surface area contributed by atoms with Crippen molar-refractivity contribution >= 4 is 0 Å². The Balaban J connectivity index is 1.77. The fourth-order valence-electron chi connectivity index (χ4n) is 4.37. The molecule has 1 aliphatic heterocycles. The quantitative estimate of drug-likeness (QED) is 0.681. The molecule has 1 saturated heterocycles. The molecule has 1 fully saturated rings. The zero-order valence-electron chi connectivity index (χ0n) is 17.3. The van der Waals surface area contributed by atoms with Crippen molar-refractivity contribution in [1.82, 2.24) is 14.7 Å². The van der Waals surface area contributed by atoms with Crippen LogP contribution in [0.15, 0.2) is 30.3 Å². The standard InChI is InChI=1S/C22H33N3O3/c1-17-20(18(2)25(23-17)19-8-5-4-6-9-19)14-24-12-10-21(27)22(15-24,16-26)11-7-13-28-3/h4-6,8-9,21,26-27H,7,10-16H2,1-3H3/t21-,22+/m1/s1. The van der Waals surface area contributed by atoms with E-state index in [4.69, 9.17) is 9.84 Å². The van der Waals surface area contributed by atoms with Crippen LogP contribution in [-0.2, 0) is 11.3 Å². The van der Waals surface area contributed by atoms with Crippen molar-refractivity contribution in [3.05, 3.63) is 47.3 Å². The van der Waals surface area contributed by atoms with E-state index in [2.05, 4.69) is 30.9 Å². The van der Waals surface area contributed by atoms with Crippen molar-refractivity contribution in [2.45, 2.75) is 45.8 Å². The summed E-state index contributed by atoms with van der Waals surface area (Å²) in [4.78, 5) is 2.35. The minimum atomic E-state index is -0.478. The molecule has 3 rings (SSSR count). The smallest absolute Gasteiger partial charge is 0.0648 e. The third-order valence-corrected chi connectivity index (χ3v) is 6.13. The van der Waals surface area contributed by atoms with E-state index in [-0.39, 0.29) is 6.61 Å². The van der Waals surface area contributed by atoms with Crippen LogP contribution in [0.3, 0.4) is 0 Å². The third-order valence-electron chi connectivity index (χ3n) is 6.13. The maximum absolute atomic E-state index is 10.6. The van der Waals surface area contributed by atoms with E-state index < -0.39 is 11.5 Å². The number of para-hydroxylation sites is 1. The molecule has 0 unspecified atom stereocenters. The largest absolute Gasteiger partial charge is 0.396 e. The van der Waals surface area contributed by atoms with Crippen LogP contribution in [0.25, 0.3) is 5.69 Å². The average Bonchev–Trinajstić information content (AvgIpc) is 2.99. The molecule has 154 valence electrons. The average molecular weight is 388 g/mol. The lowest BCUT2D eigenvalue weighted by Gasteiger charge is -2.45. The maximum atomic E-state index is 10.6. The van der Waals surface area contributed by atoms with Crippen LogP contribution < -0.4 is 0 Å². The van der Waals surface area contributed by atoms with Gasteiger partial charge < -0.3 is 14.9 Å². The lowest BCUT2D eigenvalue weighted by molar-refractivity contribution is -0.0844. The second-order valence-electron chi connectivity index (χ2n) is 8.03. The van der Waals surface area contributed by atoms with Crippen molar-refractivity contribution in [3.63, 3.8) is 0 Å². The van der Waals surface area contributed by atoms with Gasteiger partial charge >= 0.3 is 0 Å². The Kier molecular flexibility index (Phi) is 6.88. The second-order valence-corrected chi connectivity index (χ2v) is 8.03. The van der Waals surface area contributed by atoms with Gasteiger partial charge in [-0.15, -0.1) is 0 Å².